The van der Waals surface area contributed by atoms with E-state index in [1.807, 2.05) is 19.0 Å². The number of anilines is 3. The predicted octanol–water partition coefficient (Wildman–Crippen LogP) is 2.75. The first-order valence-corrected chi connectivity index (χ1v) is 13.7. The number of nitrogens with zero attached hydrogens (tertiary/aromatic N) is 5. The van der Waals surface area contributed by atoms with Crippen molar-refractivity contribution in [3.8, 4) is 17.7 Å². The molecule has 3 rings (SSSR count). The molecule has 12 heteroatoms. The van der Waals surface area contributed by atoms with Gasteiger partial charge in [0.2, 0.25) is 23.6 Å². The number of likely N-dealkylation sites (N-methyl/N-ethyl adjacent to an activating group) is 1. The molecule has 0 radical (unpaired) electrons. The van der Waals surface area contributed by atoms with Gasteiger partial charge in [-0.25, -0.2) is 14.4 Å². The Morgan fingerprint density at radius 1 is 1.29 bits per heavy atom. The van der Waals surface area contributed by atoms with Crippen molar-refractivity contribution in [3.05, 3.63) is 42.2 Å². The number of amides is 2. The fourth-order valence-electron chi connectivity index (χ4n) is 4.04. The van der Waals surface area contributed by atoms with E-state index >= 15 is 0 Å². The smallest absolute Gasteiger partial charge is 0.247 e. The number of nitrogens with one attached hydrogen (secondary N) is 3. The topological polar surface area (TPSA) is 125 Å². The Bertz CT molecular complexity index is 1260. The Morgan fingerprint density at radius 2 is 2.12 bits per heavy atom. The first-order valence-electron chi connectivity index (χ1n) is 13.7. The molecular formula is C29H39FN8O3. The molecule has 1 fully saturated rings. The Morgan fingerprint density at radius 3 is 2.88 bits per heavy atom. The van der Waals surface area contributed by atoms with Crippen LogP contribution in [0.15, 0.2) is 36.7 Å². The molecule has 2 amide bonds. The van der Waals surface area contributed by atoms with Gasteiger partial charge >= 0.3 is 0 Å². The Labute approximate surface area is 241 Å². The van der Waals surface area contributed by atoms with Crippen LogP contribution in [0.5, 0.6) is 5.88 Å². The number of carbonyl (C=O) groups excluding carboxylic acids is 2. The largest absolute Gasteiger partial charge is 0.481 e. The summed E-state index contributed by atoms with van der Waals surface area (Å²) in [5.74, 6) is 7.03. The van der Waals surface area contributed by atoms with Gasteiger partial charge < -0.3 is 30.5 Å². The van der Waals surface area contributed by atoms with Crippen LogP contribution in [0.25, 0.3) is 0 Å². The summed E-state index contributed by atoms with van der Waals surface area (Å²) in [6.45, 7) is 3.67. The minimum absolute atomic E-state index is 0.00595. The van der Waals surface area contributed by atoms with E-state index in [0.29, 0.717) is 49.1 Å². The molecule has 0 saturated carbocycles. The van der Waals surface area contributed by atoms with E-state index in [2.05, 4.69) is 49.7 Å². The molecule has 3 heterocycles. The van der Waals surface area contributed by atoms with Crippen LogP contribution >= 0.6 is 0 Å². The van der Waals surface area contributed by atoms with Gasteiger partial charge in [-0.1, -0.05) is 24.8 Å². The monoisotopic (exact) mass is 566 g/mol. The molecule has 11 nitrogen and oxygen atoms in total. The lowest BCUT2D eigenvalue weighted by molar-refractivity contribution is -0.135. The van der Waals surface area contributed by atoms with Gasteiger partial charge in [0.25, 0.3) is 0 Å². The number of halogens is 1. The standard InChI is InChI=1S/C29H39FN8O3/c1-5-13-32-27-21(19-34-29(36-27)35-23-12-15-31-25(18-23)41-4)10-7-6-8-14-33-28(40)24-17-22(30)20-38(24)26(39)11-9-16-37(2)3/h9,11-12,15,18-19,22,24H,5-6,8,13-14,16-17,20H2,1-4H3,(H,33,40)(H2,31,32,34,35,36)/t22-,24-/m0/s1. The van der Waals surface area contributed by atoms with Crippen LogP contribution in [-0.4, -0.2) is 96.2 Å². The van der Waals surface area contributed by atoms with Gasteiger partial charge in [0, 0.05) is 56.5 Å². The lowest BCUT2D eigenvalue weighted by atomic mass is 10.2. The van der Waals surface area contributed by atoms with Crippen molar-refractivity contribution in [2.45, 2.75) is 44.8 Å². The molecule has 220 valence electrons. The quantitative estimate of drug-likeness (QED) is 0.191. The van der Waals surface area contributed by atoms with Gasteiger partial charge in [-0.15, -0.1) is 0 Å². The number of aromatic nitrogens is 3. The molecule has 2 atom stereocenters. The zero-order valence-corrected chi connectivity index (χ0v) is 24.1. The third-order valence-electron chi connectivity index (χ3n) is 6.10. The van der Waals surface area contributed by atoms with E-state index in [9.17, 15) is 14.0 Å². The van der Waals surface area contributed by atoms with Crippen molar-refractivity contribution in [1.29, 1.82) is 0 Å². The van der Waals surface area contributed by atoms with Crippen LogP contribution < -0.4 is 20.7 Å². The molecule has 1 saturated heterocycles. The van der Waals surface area contributed by atoms with Gasteiger partial charge in [0.05, 0.1) is 25.4 Å². The Hall–Kier alpha value is -4.24. The van der Waals surface area contributed by atoms with Crippen molar-refractivity contribution in [2.75, 3.05) is 58.0 Å². The minimum Gasteiger partial charge on any atom is -0.481 e. The molecule has 2 aromatic heterocycles. The Kier molecular flexibility index (Phi) is 12.3. The summed E-state index contributed by atoms with van der Waals surface area (Å²) in [6.07, 6.45) is 7.23. The van der Waals surface area contributed by atoms with Crippen LogP contribution in [0.3, 0.4) is 0 Å². The summed E-state index contributed by atoms with van der Waals surface area (Å²) in [4.78, 5) is 41.5. The van der Waals surface area contributed by atoms with Gasteiger partial charge in [0.15, 0.2) is 0 Å². The number of hydrogen-bond acceptors (Lipinski definition) is 9. The van der Waals surface area contributed by atoms with Gasteiger partial charge in [0.1, 0.15) is 18.0 Å². The maximum Gasteiger partial charge on any atom is 0.247 e. The van der Waals surface area contributed by atoms with E-state index < -0.39 is 12.2 Å². The van der Waals surface area contributed by atoms with Crippen molar-refractivity contribution < 1.29 is 18.7 Å². The number of pyridine rings is 1. The van der Waals surface area contributed by atoms with E-state index in [-0.39, 0.29) is 24.8 Å². The van der Waals surface area contributed by atoms with Crippen LogP contribution in [0.4, 0.5) is 21.8 Å². The van der Waals surface area contributed by atoms with Crippen LogP contribution in [0, 0.1) is 11.8 Å². The highest BCUT2D eigenvalue weighted by Gasteiger charge is 2.38. The maximum absolute atomic E-state index is 14.1. The van der Waals surface area contributed by atoms with Crippen LogP contribution in [0.2, 0.25) is 0 Å². The fourth-order valence-corrected chi connectivity index (χ4v) is 4.04. The number of unbranched alkanes of at least 4 members (excludes halogenated alkanes) is 1. The number of alkyl halides is 1. The van der Waals surface area contributed by atoms with Gasteiger partial charge in [-0.2, -0.15) is 4.98 Å². The molecule has 41 heavy (non-hydrogen) atoms. The van der Waals surface area contributed by atoms with Crippen LogP contribution in [0.1, 0.15) is 38.2 Å². The zero-order chi connectivity index (χ0) is 29.6. The lowest BCUT2D eigenvalue weighted by Crippen LogP contribution is -2.45. The number of rotatable bonds is 13. The van der Waals surface area contributed by atoms with Gasteiger partial charge in [-0.05, 0) is 33.0 Å². The molecule has 0 aliphatic carbocycles. The molecule has 3 N–H and O–H groups in total. The third kappa shape index (κ3) is 10.0. The number of ether oxygens (including phenoxy) is 1. The maximum atomic E-state index is 14.1. The molecule has 2 aromatic rings. The normalized spacial score (nSPS) is 16.4. The summed E-state index contributed by atoms with van der Waals surface area (Å²) < 4.78 is 19.2. The highest BCUT2D eigenvalue weighted by Crippen LogP contribution is 2.22. The highest BCUT2D eigenvalue weighted by molar-refractivity contribution is 5.93. The summed E-state index contributed by atoms with van der Waals surface area (Å²) in [7, 11) is 5.32. The molecule has 1 aliphatic heterocycles. The van der Waals surface area contributed by atoms with E-state index in [1.54, 1.807) is 37.7 Å². The second kappa shape index (κ2) is 16.1. The summed E-state index contributed by atoms with van der Waals surface area (Å²) in [5.41, 5.74) is 1.41. The molecule has 0 aromatic carbocycles. The Balaban J connectivity index is 1.52. The van der Waals surface area contributed by atoms with Crippen molar-refractivity contribution >= 4 is 29.3 Å². The number of likely N-dealkylation sites (tertiary alicyclic amines) is 1. The molecule has 0 unspecified atom stereocenters. The average Bonchev–Trinajstić information content (AvgIpc) is 3.36. The van der Waals surface area contributed by atoms with Gasteiger partial charge in [-0.3, -0.25) is 9.59 Å². The highest BCUT2D eigenvalue weighted by atomic mass is 19.1. The zero-order valence-electron chi connectivity index (χ0n) is 24.1. The molecule has 0 bridgehead atoms. The first-order chi connectivity index (χ1) is 19.8. The number of carbonyl (C=O) groups is 2. The second-order valence-electron chi connectivity index (χ2n) is 9.79. The van der Waals surface area contributed by atoms with Crippen LogP contribution in [-0.2, 0) is 9.59 Å². The number of hydrogen-bond donors (Lipinski definition) is 3. The van der Waals surface area contributed by atoms with Crippen molar-refractivity contribution in [3.63, 3.8) is 0 Å². The SMILES string of the molecule is CCCNc1nc(Nc2ccnc(OC)c2)ncc1C#CCCCNC(=O)[C@@H]1C[C@H](F)CN1C(=O)C=CCN(C)C. The molecule has 0 spiro atoms. The molecular weight excluding hydrogens is 527 g/mol. The van der Waals surface area contributed by atoms with Crippen molar-refractivity contribution in [1.82, 2.24) is 30.1 Å². The second-order valence-corrected chi connectivity index (χ2v) is 9.79. The summed E-state index contributed by atoms with van der Waals surface area (Å²) in [5, 5.41) is 9.25. The van der Waals surface area contributed by atoms with E-state index in [1.165, 1.54) is 11.0 Å². The summed E-state index contributed by atoms with van der Waals surface area (Å²) >= 11 is 0. The fraction of sp³-hybridized carbons (Fsp3) is 0.483. The summed E-state index contributed by atoms with van der Waals surface area (Å²) in [6, 6.07) is 2.73. The van der Waals surface area contributed by atoms with Crippen molar-refractivity contribution in [2.24, 2.45) is 0 Å². The molecule has 1 aliphatic rings. The lowest BCUT2D eigenvalue weighted by Gasteiger charge is -2.22. The third-order valence-corrected chi connectivity index (χ3v) is 6.10. The van der Waals surface area contributed by atoms with E-state index in [0.717, 1.165) is 18.7 Å². The number of methoxy groups -OCH3 is 1. The predicted molar refractivity (Wildman–Crippen MR) is 157 cm³/mol. The van der Waals surface area contributed by atoms with E-state index in [4.69, 9.17) is 4.74 Å². The minimum atomic E-state index is -1.21. The average molecular weight is 567 g/mol. The first kappa shape index (κ1) is 31.3.